The summed E-state index contributed by atoms with van der Waals surface area (Å²) in [6.45, 7) is 3.79. The Labute approximate surface area is 129 Å². The van der Waals surface area contributed by atoms with Gasteiger partial charge in [-0.2, -0.15) is 5.10 Å². The van der Waals surface area contributed by atoms with Crippen molar-refractivity contribution in [1.82, 2.24) is 20.1 Å². The number of likely N-dealkylation sites (tertiary alicyclic amines) is 1. The van der Waals surface area contributed by atoms with Gasteiger partial charge in [-0.15, -0.1) is 0 Å². The summed E-state index contributed by atoms with van der Waals surface area (Å²) >= 11 is 0. The van der Waals surface area contributed by atoms with E-state index in [1.807, 2.05) is 18.2 Å². The smallest absolute Gasteiger partial charge is 0.220 e. The molecular weight excluding hydrogens is 278 g/mol. The SMILES string of the molecule is CCN1CCC(C(N)=O)CC1(c1ccccc1)c1ncn[nH]1. The molecule has 116 valence electrons. The maximum absolute atomic E-state index is 11.8. The van der Waals surface area contributed by atoms with Crippen LogP contribution in [0.2, 0.25) is 0 Å². The summed E-state index contributed by atoms with van der Waals surface area (Å²) in [6, 6.07) is 10.2. The first-order valence-electron chi connectivity index (χ1n) is 7.64. The first kappa shape index (κ1) is 14.7. The highest BCUT2D eigenvalue weighted by Gasteiger charge is 2.47. The third-order valence-electron chi connectivity index (χ3n) is 4.67. The second-order valence-corrected chi connectivity index (χ2v) is 5.73. The van der Waals surface area contributed by atoms with E-state index in [-0.39, 0.29) is 11.8 Å². The summed E-state index contributed by atoms with van der Waals surface area (Å²) in [5.74, 6) is 0.371. The second-order valence-electron chi connectivity index (χ2n) is 5.73. The monoisotopic (exact) mass is 299 g/mol. The minimum absolute atomic E-state index is 0.159. The van der Waals surface area contributed by atoms with Crippen molar-refractivity contribution in [3.05, 3.63) is 48.0 Å². The number of nitrogens with two attached hydrogens (primary N) is 1. The molecular formula is C16H21N5O. The molecule has 1 amide bonds. The highest BCUT2D eigenvalue weighted by Crippen LogP contribution is 2.43. The zero-order valence-electron chi connectivity index (χ0n) is 12.7. The molecule has 22 heavy (non-hydrogen) atoms. The molecule has 1 aliphatic rings. The zero-order chi connectivity index (χ0) is 15.6. The molecule has 1 fully saturated rings. The lowest BCUT2D eigenvalue weighted by atomic mass is 9.74. The quantitative estimate of drug-likeness (QED) is 0.890. The number of rotatable bonds is 4. The van der Waals surface area contributed by atoms with Crippen molar-refractivity contribution in [2.45, 2.75) is 25.3 Å². The number of carbonyl (C=O) groups excluding carboxylic acids is 1. The predicted octanol–water partition coefficient (Wildman–Crippen LogP) is 1.27. The highest BCUT2D eigenvalue weighted by molar-refractivity contribution is 5.77. The van der Waals surface area contributed by atoms with Crippen molar-refractivity contribution >= 4 is 5.91 Å². The van der Waals surface area contributed by atoms with E-state index in [1.165, 1.54) is 6.33 Å². The van der Waals surface area contributed by atoms with Crippen LogP contribution >= 0.6 is 0 Å². The number of carbonyl (C=O) groups is 1. The van der Waals surface area contributed by atoms with Gasteiger partial charge in [-0.3, -0.25) is 14.8 Å². The Morgan fingerprint density at radius 2 is 2.23 bits per heavy atom. The largest absolute Gasteiger partial charge is 0.369 e. The number of H-pyrrole nitrogens is 1. The van der Waals surface area contributed by atoms with Crippen LogP contribution in [0.5, 0.6) is 0 Å². The fourth-order valence-electron chi connectivity index (χ4n) is 3.56. The van der Waals surface area contributed by atoms with E-state index in [0.29, 0.717) is 6.42 Å². The molecule has 0 saturated carbocycles. The first-order chi connectivity index (χ1) is 10.7. The van der Waals surface area contributed by atoms with Gasteiger partial charge >= 0.3 is 0 Å². The molecule has 0 aliphatic carbocycles. The van der Waals surface area contributed by atoms with E-state index in [2.05, 4.69) is 39.1 Å². The Hall–Kier alpha value is -2.21. The number of nitrogens with zero attached hydrogens (tertiary/aromatic N) is 3. The van der Waals surface area contributed by atoms with Crippen molar-refractivity contribution in [1.29, 1.82) is 0 Å². The summed E-state index contributed by atoms with van der Waals surface area (Å²) in [6.07, 6.45) is 2.92. The molecule has 2 unspecified atom stereocenters. The summed E-state index contributed by atoms with van der Waals surface area (Å²) in [7, 11) is 0. The highest BCUT2D eigenvalue weighted by atomic mass is 16.1. The van der Waals surface area contributed by atoms with Crippen LogP contribution in [-0.4, -0.2) is 39.1 Å². The maximum Gasteiger partial charge on any atom is 0.220 e. The van der Waals surface area contributed by atoms with Gasteiger partial charge in [0.05, 0.1) is 0 Å². The van der Waals surface area contributed by atoms with Gasteiger partial charge in [0.1, 0.15) is 17.7 Å². The van der Waals surface area contributed by atoms with E-state index in [4.69, 9.17) is 5.73 Å². The van der Waals surface area contributed by atoms with Crippen molar-refractivity contribution in [2.24, 2.45) is 11.7 Å². The standard InChI is InChI=1S/C16H21N5O/c1-2-21-9-8-12(14(17)22)10-16(21,15-18-11-19-20-15)13-6-4-3-5-7-13/h3-7,11-12H,2,8-10H2,1H3,(H2,17,22)(H,18,19,20). The second kappa shape index (κ2) is 5.88. The van der Waals surface area contributed by atoms with Gasteiger partial charge in [-0.25, -0.2) is 4.98 Å². The molecule has 6 heteroatoms. The molecule has 1 aromatic carbocycles. The third kappa shape index (κ3) is 2.29. The van der Waals surface area contributed by atoms with Gasteiger partial charge in [0.2, 0.25) is 5.91 Å². The lowest BCUT2D eigenvalue weighted by Gasteiger charge is -2.47. The van der Waals surface area contributed by atoms with Crippen LogP contribution in [0.15, 0.2) is 36.7 Å². The Balaban J connectivity index is 2.16. The van der Waals surface area contributed by atoms with Crippen molar-refractivity contribution in [2.75, 3.05) is 13.1 Å². The molecule has 3 N–H and O–H groups in total. The molecule has 1 saturated heterocycles. The fraction of sp³-hybridized carbons (Fsp3) is 0.438. The lowest BCUT2D eigenvalue weighted by molar-refractivity contribution is -0.125. The number of nitrogens with one attached hydrogen (secondary N) is 1. The third-order valence-corrected chi connectivity index (χ3v) is 4.67. The number of hydrogen-bond donors (Lipinski definition) is 2. The van der Waals surface area contributed by atoms with Crippen molar-refractivity contribution < 1.29 is 4.79 Å². The lowest BCUT2D eigenvalue weighted by Crippen LogP contribution is -2.54. The zero-order valence-corrected chi connectivity index (χ0v) is 12.7. The van der Waals surface area contributed by atoms with E-state index >= 15 is 0 Å². The van der Waals surface area contributed by atoms with Crippen LogP contribution in [0.1, 0.15) is 31.2 Å². The molecule has 0 bridgehead atoms. The maximum atomic E-state index is 11.8. The van der Waals surface area contributed by atoms with Crippen LogP contribution in [0.4, 0.5) is 0 Å². The molecule has 3 rings (SSSR count). The minimum atomic E-state index is -0.482. The predicted molar refractivity (Wildman–Crippen MR) is 82.8 cm³/mol. The van der Waals surface area contributed by atoms with Gasteiger partial charge in [0.15, 0.2) is 0 Å². The number of hydrogen-bond acceptors (Lipinski definition) is 4. The molecule has 1 aromatic heterocycles. The number of amides is 1. The normalized spacial score (nSPS) is 26.0. The molecule has 6 nitrogen and oxygen atoms in total. The van der Waals surface area contributed by atoms with E-state index in [9.17, 15) is 4.79 Å². The van der Waals surface area contributed by atoms with Gasteiger partial charge < -0.3 is 5.73 Å². The van der Waals surface area contributed by atoms with Crippen LogP contribution < -0.4 is 5.73 Å². The van der Waals surface area contributed by atoms with Crippen LogP contribution in [0.25, 0.3) is 0 Å². The van der Waals surface area contributed by atoms with E-state index in [1.54, 1.807) is 0 Å². The van der Waals surface area contributed by atoms with Crippen molar-refractivity contribution in [3.63, 3.8) is 0 Å². The summed E-state index contributed by atoms with van der Waals surface area (Å²) in [5.41, 5.74) is 6.23. The van der Waals surface area contributed by atoms with E-state index < -0.39 is 5.54 Å². The van der Waals surface area contributed by atoms with Crippen LogP contribution in [0, 0.1) is 5.92 Å². The van der Waals surface area contributed by atoms with Gasteiger partial charge in [0.25, 0.3) is 0 Å². The average Bonchev–Trinajstić information content (AvgIpc) is 3.09. The minimum Gasteiger partial charge on any atom is -0.369 e. The topological polar surface area (TPSA) is 87.9 Å². The summed E-state index contributed by atoms with van der Waals surface area (Å²) in [4.78, 5) is 18.6. The van der Waals surface area contributed by atoms with Gasteiger partial charge in [0, 0.05) is 12.5 Å². The number of aromatic amines is 1. The Morgan fingerprint density at radius 1 is 1.45 bits per heavy atom. The van der Waals surface area contributed by atoms with Crippen LogP contribution in [0.3, 0.4) is 0 Å². The molecule has 2 heterocycles. The summed E-state index contributed by atoms with van der Waals surface area (Å²) < 4.78 is 0. The van der Waals surface area contributed by atoms with Crippen molar-refractivity contribution in [3.8, 4) is 0 Å². The molecule has 0 spiro atoms. The first-order valence-corrected chi connectivity index (χ1v) is 7.64. The number of piperidine rings is 1. The fourth-order valence-corrected chi connectivity index (χ4v) is 3.56. The average molecular weight is 299 g/mol. The number of primary amides is 1. The number of benzene rings is 1. The Morgan fingerprint density at radius 3 is 2.82 bits per heavy atom. The number of aromatic nitrogens is 3. The van der Waals surface area contributed by atoms with Crippen LogP contribution in [-0.2, 0) is 10.3 Å². The molecule has 2 aromatic rings. The molecule has 1 aliphatic heterocycles. The Kier molecular flexibility index (Phi) is 3.94. The molecule has 0 radical (unpaired) electrons. The van der Waals surface area contributed by atoms with E-state index in [0.717, 1.165) is 30.9 Å². The molecule has 2 atom stereocenters. The summed E-state index contributed by atoms with van der Waals surface area (Å²) in [5, 5.41) is 7.04. The van der Waals surface area contributed by atoms with Gasteiger partial charge in [-0.1, -0.05) is 37.3 Å². The Bertz CT molecular complexity index is 627. The van der Waals surface area contributed by atoms with Gasteiger partial charge in [-0.05, 0) is 24.9 Å².